The summed E-state index contributed by atoms with van der Waals surface area (Å²) in [7, 11) is 0. The summed E-state index contributed by atoms with van der Waals surface area (Å²) in [4.78, 5) is 16.1. The van der Waals surface area contributed by atoms with E-state index in [1.165, 1.54) is 0 Å². The van der Waals surface area contributed by atoms with Crippen LogP contribution in [0.2, 0.25) is 5.02 Å². The van der Waals surface area contributed by atoms with Gasteiger partial charge in [0, 0.05) is 22.8 Å². The maximum atomic E-state index is 11.9. The van der Waals surface area contributed by atoms with Crippen molar-refractivity contribution in [1.82, 2.24) is 19.9 Å². The zero-order valence-corrected chi connectivity index (χ0v) is 9.61. The van der Waals surface area contributed by atoms with Crippen LogP contribution >= 0.6 is 11.6 Å². The molecule has 2 fully saturated rings. The lowest BCUT2D eigenvalue weighted by molar-refractivity contribution is 0.0932. The Balaban J connectivity index is 1.67. The molecule has 0 bridgehead atoms. The fraction of sp³-hybridized carbons (Fsp3) is 0.364. The van der Waals surface area contributed by atoms with Gasteiger partial charge in [0.25, 0.3) is 5.91 Å². The van der Waals surface area contributed by atoms with E-state index in [4.69, 9.17) is 11.6 Å². The van der Waals surface area contributed by atoms with Crippen LogP contribution in [0.5, 0.6) is 0 Å². The topological polar surface area (TPSA) is 59.3 Å². The van der Waals surface area contributed by atoms with Gasteiger partial charge < -0.3 is 5.32 Å². The largest absolute Gasteiger partial charge is 0.344 e. The number of rotatable bonds is 2. The SMILES string of the molecule is O=C(NC12CC1C2)c1nc2cc(Cl)ccn2n1. The number of carbonyl (C=O) groups is 1. The minimum Gasteiger partial charge on any atom is -0.344 e. The van der Waals surface area contributed by atoms with Crippen molar-refractivity contribution in [2.45, 2.75) is 18.4 Å². The molecule has 0 aliphatic heterocycles. The smallest absolute Gasteiger partial charge is 0.291 e. The summed E-state index contributed by atoms with van der Waals surface area (Å²) in [5, 5.41) is 7.69. The molecular formula is C11H9ClN4O. The maximum absolute atomic E-state index is 11.9. The van der Waals surface area contributed by atoms with Crippen LogP contribution in [0, 0.1) is 5.92 Å². The Morgan fingerprint density at radius 1 is 1.59 bits per heavy atom. The molecule has 0 radical (unpaired) electrons. The average molecular weight is 249 g/mol. The Kier molecular flexibility index (Phi) is 1.54. The van der Waals surface area contributed by atoms with Crippen molar-refractivity contribution in [3.05, 3.63) is 29.2 Å². The normalized spacial score (nSPS) is 28.9. The number of halogens is 1. The highest BCUT2D eigenvalue weighted by atomic mass is 35.5. The van der Waals surface area contributed by atoms with Gasteiger partial charge in [-0.05, 0) is 24.8 Å². The highest BCUT2D eigenvalue weighted by Gasteiger charge is 2.70. The van der Waals surface area contributed by atoms with Crippen molar-refractivity contribution in [2.24, 2.45) is 5.92 Å². The second-order valence-corrected chi connectivity index (χ2v) is 5.24. The summed E-state index contributed by atoms with van der Waals surface area (Å²) in [5.41, 5.74) is 0.690. The molecule has 1 N–H and O–H groups in total. The predicted octanol–water partition coefficient (Wildman–Crippen LogP) is 1.27. The molecule has 2 aromatic rings. The summed E-state index contributed by atoms with van der Waals surface area (Å²) < 4.78 is 1.55. The second-order valence-electron chi connectivity index (χ2n) is 4.80. The Labute approximate surface area is 102 Å². The number of aromatic nitrogens is 3. The molecule has 0 aromatic carbocycles. The van der Waals surface area contributed by atoms with Crippen molar-refractivity contribution >= 4 is 23.2 Å². The molecule has 2 aliphatic carbocycles. The van der Waals surface area contributed by atoms with E-state index in [1.54, 1.807) is 22.8 Å². The first-order chi connectivity index (χ1) is 8.16. The third-order valence-corrected chi connectivity index (χ3v) is 3.78. The second kappa shape index (κ2) is 2.79. The van der Waals surface area contributed by atoms with Crippen molar-refractivity contribution in [2.75, 3.05) is 0 Å². The molecule has 2 heterocycles. The molecule has 4 rings (SSSR count). The van der Waals surface area contributed by atoms with Crippen LogP contribution in [-0.2, 0) is 0 Å². The zero-order valence-electron chi connectivity index (χ0n) is 8.85. The summed E-state index contributed by atoms with van der Waals surface area (Å²) >= 11 is 5.85. The number of carbonyl (C=O) groups excluding carboxylic acids is 1. The molecular weight excluding hydrogens is 240 g/mol. The Morgan fingerprint density at radius 2 is 2.35 bits per heavy atom. The molecule has 5 nitrogen and oxygen atoms in total. The van der Waals surface area contributed by atoms with Crippen molar-refractivity contribution in [3.63, 3.8) is 0 Å². The first kappa shape index (κ1) is 9.41. The van der Waals surface area contributed by atoms with Crippen molar-refractivity contribution in [3.8, 4) is 0 Å². The molecule has 0 atom stereocenters. The van der Waals surface area contributed by atoms with Crippen molar-refractivity contribution < 1.29 is 4.79 Å². The summed E-state index contributed by atoms with van der Waals surface area (Å²) in [6.07, 6.45) is 3.91. The lowest BCUT2D eigenvalue weighted by Crippen LogP contribution is -2.31. The number of nitrogens with one attached hydrogen (secondary N) is 1. The van der Waals surface area contributed by atoms with Crippen LogP contribution < -0.4 is 5.32 Å². The molecule has 2 aliphatic rings. The van der Waals surface area contributed by atoms with E-state index in [1.807, 2.05) is 0 Å². The van der Waals surface area contributed by atoms with Crippen molar-refractivity contribution in [1.29, 1.82) is 0 Å². The fourth-order valence-electron chi connectivity index (χ4n) is 2.14. The minimum atomic E-state index is -0.190. The van der Waals surface area contributed by atoms with Crippen LogP contribution in [0.1, 0.15) is 23.5 Å². The quantitative estimate of drug-likeness (QED) is 0.871. The Bertz CT molecular complexity index is 644. The van der Waals surface area contributed by atoms with Gasteiger partial charge in [0.2, 0.25) is 5.82 Å². The Morgan fingerprint density at radius 3 is 3.06 bits per heavy atom. The van der Waals surface area contributed by atoms with E-state index in [0.29, 0.717) is 16.6 Å². The first-order valence-electron chi connectivity index (χ1n) is 5.51. The van der Waals surface area contributed by atoms with Gasteiger partial charge in [-0.15, -0.1) is 5.10 Å². The average Bonchev–Trinajstić information content (AvgIpc) is 3.04. The van der Waals surface area contributed by atoms with E-state index in [9.17, 15) is 4.79 Å². The van der Waals surface area contributed by atoms with Crippen LogP contribution in [0.4, 0.5) is 0 Å². The molecule has 0 saturated heterocycles. The van der Waals surface area contributed by atoms with Gasteiger partial charge >= 0.3 is 0 Å². The van der Waals surface area contributed by atoms with Gasteiger partial charge in [-0.3, -0.25) is 4.79 Å². The van der Waals surface area contributed by atoms with Crippen LogP contribution in [-0.4, -0.2) is 26.0 Å². The van der Waals surface area contributed by atoms with Gasteiger partial charge in [-0.1, -0.05) is 11.6 Å². The molecule has 17 heavy (non-hydrogen) atoms. The number of hydrogen-bond acceptors (Lipinski definition) is 3. The van der Waals surface area contributed by atoms with Crippen LogP contribution in [0.25, 0.3) is 5.65 Å². The van der Waals surface area contributed by atoms with Crippen LogP contribution in [0.3, 0.4) is 0 Å². The van der Waals surface area contributed by atoms with Gasteiger partial charge in [-0.2, -0.15) is 0 Å². The molecule has 2 saturated carbocycles. The van der Waals surface area contributed by atoms with E-state index in [2.05, 4.69) is 15.4 Å². The lowest BCUT2D eigenvalue weighted by atomic mass is 10.3. The van der Waals surface area contributed by atoms with Gasteiger partial charge in [0.05, 0.1) is 0 Å². The predicted molar refractivity (Wildman–Crippen MR) is 60.9 cm³/mol. The summed E-state index contributed by atoms with van der Waals surface area (Å²) in [6.45, 7) is 0. The highest BCUT2D eigenvalue weighted by Crippen LogP contribution is 2.66. The Hall–Kier alpha value is -1.62. The monoisotopic (exact) mass is 248 g/mol. The molecule has 0 unspecified atom stereocenters. The third-order valence-electron chi connectivity index (χ3n) is 3.55. The van der Waals surface area contributed by atoms with E-state index >= 15 is 0 Å². The molecule has 0 spiro atoms. The third kappa shape index (κ3) is 1.35. The van der Waals surface area contributed by atoms with Gasteiger partial charge in [0.1, 0.15) is 0 Å². The minimum absolute atomic E-state index is 0.103. The van der Waals surface area contributed by atoms with Gasteiger partial charge in [0.15, 0.2) is 5.65 Å². The standard InChI is InChI=1S/C11H9ClN4O/c12-7-1-2-16-8(3-7)13-9(15-16)10(17)14-11-4-6(11)5-11/h1-3,6H,4-5H2,(H,14,17). The van der Waals surface area contributed by atoms with E-state index in [-0.39, 0.29) is 17.3 Å². The fourth-order valence-corrected chi connectivity index (χ4v) is 2.29. The summed E-state index contributed by atoms with van der Waals surface area (Å²) in [5.74, 6) is 0.724. The van der Waals surface area contributed by atoms with E-state index < -0.39 is 0 Å². The highest BCUT2D eigenvalue weighted by molar-refractivity contribution is 6.30. The first-order valence-corrected chi connectivity index (χ1v) is 5.89. The zero-order chi connectivity index (χ0) is 11.6. The molecule has 1 amide bonds. The lowest BCUT2D eigenvalue weighted by Gasteiger charge is -2.03. The number of fused-ring (bicyclic) bond motifs is 2. The summed E-state index contributed by atoms with van der Waals surface area (Å²) in [6, 6.07) is 3.39. The van der Waals surface area contributed by atoms with E-state index in [0.717, 1.165) is 12.8 Å². The number of amides is 1. The molecule has 86 valence electrons. The van der Waals surface area contributed by atoms with Gasteiger partial charge in [-0.25, -0.2) is 9.50 Å². The number of hydrogen-bond donors (Lipinski definition) is 1. The molecule has 2 aromatic heterocycles. The number of nitrogens with zero attached hydrogens (tertiary/aromatic N) is 3. The van der Waals surface area contributed by atoms with Crippen LogP contribution in [0.15, 0.2) is 18.3 Å². The maximum Gasteiger partial charge on any atom is 0.291 e. The molecule has 6 heteroatoms. The number of pyridine rings is 1.